The van der Waals surface area contributed by atoms with Crippen molar-refractivity contribution >= 4 is 28.3 Å². The van der Waals surface area contributed by atoms with Crippen LogP contribution in [0.25, 0.3) is 10.9 Å². The molecule has 1 N–H and O–H groups in total. The van der Waals surface area contributed by atoms with Crippen LogP contribution in [0.5, 0.6) is 0 Å². The second-order valence-corrected chi connectivity index (χ2v) is 4.96. The third-order valence-electron chi connectivity index (χ3n) is 3.12. The molecule has 0 atom stereocenters. The third-order valence-corrected chi connectivity index (χ3v) is 3.45. The molecule has 0 unspecified atom stereocenters. The number of pyridine rings is 1. The fourth-order valence-electron chi connectivity index (χ4n) is 2.07. The maximum Gasteiger partial charge on any atom is 0.126 e. The molecule has 5 nitrogen and oxygen atoms in total. The molecule has 0 fully saturated rings. The third kappa shape index (κ3) is 2.58. The Morgan fingerprint density at radius 1 is 1.25 bits per heavy atom. The lowest BCUT2D eigenvalue weighted by Gasteiger charge is -2.08. The number of nitrogens with one attached hydrogen (secondary N) is 1. The van der Waals surface area contributed by atoms with E-state index in [1.807, 2.05) is 37.4 Å². The van der Waals surface area contributed by atoms with Crippen molar-refractivity contribution in [3.63, 3.8) is 0 Å². The number of benzene rings is 1. The summed E-state index contributed by atoms with van der Waals surface area (Å²) in [5.74, 6) is 0.836. The molecule has 3 rings (SSSR count). The van der Waals surface area contributed by atoms with Crippen LogP contribution in [-0.4, -0.2) is 26.5 Å². The Bertz CT molecular complexity index is 724. The number of halogens is 1. The monoisotopic (exact) mass is 287 g/mol. The van der Waals surface area contributed by atoms with Crippen molar-refractivity contribution in [2.75, 3.05) is 11.9 Å². The van der Waals surface area contributed by atoms with Crippen LogP contribution in [0.1, 0.15) is 5.56 Å². The first-order valence-electron chi connectivity index (χ1n) is 6.38. The molecular weight excluding hydrogens is 274 g/mol. The Morgan fingerprint density at radius 2 is 2.15 bits per heavy atom. The largest absolute Gasteiger partial charge is 0.368 e. The highest BCUT2D eigenvalue weighted by Gasteiger charge is 2.04. The first kappa shape index (κ1) is 12.9. The zero-order valence-electron chi connectivity index (χ0n) is 11.0. The number of nitrogens with zero attached hydrogens (tertiary/aromatic N) is 4. The Labute approximate surface area is 121 Å². The van der Waals surface area contributed by atoms with E-state index in [2.05, 4.69) is 20.6 Å². The van der Waals surface area contributed by atoms with E-state index in [0.717, 1.165) is 40.4 Å². The van der Waals surface area contributed by atoms with Crippen LogP contribution >= 0.6 is 11.6 Å². The van der Waals surface area contributed by atoms with Gasteiger partial charge in [0.2, 0.25) is 0 Å². The van der Waals surface area contributed by atoms with Crippen molar-refractivity contribution in [3.8, 4) is 0 Å². The molecule has 2 aromatic heterocycles. The minimum absolute atomic E-state index is 0.729. The van der Waals surface area contributed by atoms with Gasteiger partial charge < -0.3 is 5.32 Å². The van der Waals surface area contributed by atoms with Crippen molar-refractivity contribution in [2.24, 2.45) is 0 Å². The summed E-state index contributed by atoms with van der Waals surface area (Å²) < 4.78 is 1.77. The van der Waals surface area contributed by atoms with E-state index in [4.69, 9.17) is 11.6 Å². The number of fused-ring (bicyclic) bond motifs is 1. The zero-order valence-corrected chi connectivity index (χ0v) is 11.8. The van der Waals surface area contributed by atoms with Crippen molar-refractivity contribution in [3.05, 3.63) is 47.2 Å². The lowest BCUT2D eigenvalue weighted by Crippen LogP contribution is -2.11. The molecule has 0 bridgehead atoms. The topological polar surface area (TPSA) is 55.6 Å². The Kier molecular flexibility index (Phi) is 3.52. The molecule has 0 amide bonds. The second kappa shape index (κ2) is 5.46. The van der Waals surface area contributed by atoms with Gasteiger partial charge in [-0.2, -0.15) is 0 Å². The van der Waals surface area contributed by atoms with Gasteiger partial charge in [-0.25, -0.2) is 4.98 Å². The summed E-state index contributed by atoms with van der Waals surface area (Å²) >= 11 is 6.17. The predicted octanol–water partition coefficient (Wildman–Crippen LogP) is 2.90. The van der Waals surface area contributed by atoms with E-state index < -0.39 is 0 Å². The van der Waals surface area contributed by atoms with Gasteiger partial charge in [0.05, 0.1) is 18.3 Å². The molecule has 3 aromatic rings. The van der Waals surface area contributed by atoms with E-state index in [9.17, 15) is 0 Å². The van der Waals surface area contributed by atoms with Crippen molar-refractivity contribution in [1.82, 2.24) is 20.0 Å². The number of rotatable bonds is 4. The van der Waals surface area contributed by atoms with E-state index in [0.29, 0.717) is 0 Å². The molecule has 0 aliphatic carbocycles. The average Bonchev–Trinajstić information content (AvgIpc) is 2.96. The van der Waals surface area contributed by atoms with Crippen molar-refractivity contribution < 1.29 is 0 Å². The minimum atomic E-state index is 0.729. The summed E-state index contributed by atoms with van der Waals surface area (Å²) in [6, 6.07) is 7.82. The van der Waals surface area contributed by atoms with Crippen LogP contribution < -0.4 is 5.32 Å². The van der Waals surface area contributed by atoms with Crippen LogP contribution in [0.2, 0.25) is 5.02 Å². The molecule has 6 heteroatoms. The maximum absolute atomic E-state index is 6.17. The highest BCUT2D eigenvalue weighted by molar-refractivity contribution is 6.35. The number of anilines is 1. The molecule has 20 heavy (non-hydrogen) atoms. The van der Waals surface area contributed by atoms with E-state index >= 15 is 0 Å². The van der Waals surface area contributed by atoms with Crippen LogP contribution in [0.3, 0.4) is 0 Å². The smallest absolute Gasteiger partial charge is 0.126 e. The maximum atomic E-state index is 6.17. The van der Waals surface area contributed by atoms with Gasteiger partial charge >= 0.3 is 0 Å². The van der Waals surface area contributed by atoms with E-state index in [1.165, 1.54) is 0 Å². The number of aryl methyl sites for hydroxylation is 1. The fourth-order valence-corrected chi connectivity index (χ4v) is 2.28. The summed E-state index contributed by atoms with van der Waals surface area (Å²) in [6.45, 7) is 3.51. The summed E-state index contributed by atoms with van der Waals surface area (Å²) in [6.07, 6.45) is 3.50. The number of hydrogen-bond acceptors (Lipinski definition) is 4. The zero-order chi connectivity index (χ0) is 13.9. The SMILES string of the molecule is Cc1ccc(Cl)c2ccc(NCCn3ccnn3)nc12. The molecule has 0 spiro atoms. The van der Waals surface area contributed by atoms with E-state index in [-0.39, 0.29) is 0 Å². The molecule has 0 aliphatic rings. The Balaban J connectivity index is 1.77. The van der Waals surface area contributed by atoms with E-state index in [1.54, 1.807) is 10.9 Å². The fraction of sp³-hybridized carbons (Fsp3) is 0.214. The molecule has 2 heterocycles. The summed E-state index contributed by atoms with van der Waals surface area (Å²) in [5, 5.41) is 12.7. The molecule has 0 saturated carbocycles. The van der Waals surface area contributed by atoms with Gasteiger partial charge in [-0.15, -0.1) is 5.10 Å². The number of aromatic nitrogens is 4. The Hall–Kier alpha value is -2.14. The predicted molar refractivity (Wildman–Crippen MR) is 80.0 cm³/mol. The molecule has 102 valence electrons. The summed E-state index contributed by atoms with van der Waals surface area (Å²) in [5.41, 5.74) is 2.05. The molecule has 1 aromatic carbocycles. The van der Waals surface area contributed by atoms with Gasteiger partial charge in [0.15, 0.2) is 0 Å². The van der Waals surface area contributed by atoms with Gasteiger partial charge in [0.25, 0.3) is 0 Å². The summed E-state index contributed by atoms with van der Waals surface area (Å²) in [4.78, 5) is 4.61. The lowest BCUT2D eigenvalue weighted by molar-refractivity contribution is 0.608. The Morgan fingerprint density at radius 3 is 2.95 bits per heavy atom. The molecule has 0 saturated heterocycles. The first-order chi connectivity index (χ1) is 9.74. The van der Waals surface area contributed by atoms with Crippen LogP contribution in [0.4, 0.5) is 5.82 Å². The van der Waals surface area contributed by atoms with Crippen LogP contribution in [-0.2, 0) is 6.54 Å². The normalized spacial score (nSPS) is 10.9. The average molecular weight is 288 g/mol. The highest BCUT2D eigenvalue weighted by Crippen LogP contribution is 2.26. The second-order valence-electron chi connectivity index (χ2n) is 4.55. The standard InChI is InChI=1S/C14H14ClN5/c1-10-2-4-12(15)11-3-5-13(18-14(10)11)16-6-8-20-9-7-17-19-20/h2-5,7,9H,6,8H2,1H3,(H,16,18). The van der Waals surface area contributed by atoms with Crippen LogP contribution in [0.15, 0.2) is 36.7 Å². The van der Waals surface area contributed by atoms with Gasteiger partial charge in [-0.05, 0) is 30.7 Å². The first-order valence-corrected chi connectivity index (χ1v) is 6.76. The van der Waals surface area contributed by atoms with Gasteiger partial charge in [-0.3, -0.25) is 4.68 Å². The molecular formula is C14H14ClN5. The number of hydrogen-bond donors (Lipinski definition) is 1. The molecule has 0 radical (unpaired) electrons. The summed E-state index contributed by atoms with van der Waals surface area (Å²) in [7, 11) is 0. The lowest BCUT2D eigenvalue weighted by atomic mass is 10.1. The quantitative estimate of drug-likeness (QED) is 0.802. The van der Waals surface area contributed by atoms with Gasteiger partial charge in [0.1, 0.15) is 5.82 Å². The van der Waals surface area contributed by atoms with Crippen molar-refractivity contribution in [1.29, 1.82) is 0 Å². The van der Waals surface area contributed by atoms with Gasteiger partial charge in [0, 0.05) is 23.2 Å². The molecule has 0 aliphatic heterocycles. The van der Waals surface area contributed by atoms with Crippen LogP contribution in [0, 0.1) is 6.92 Å². The minimum Gasteiger partial charge on any atom is -0.368 e. The highest BCUT2D eigenvalue weighted by atomic mass is 35.5. The van der Waals surface area contributed by atoms with Gasteiger partial charge in [-0.1, -0.05) is 22.9 Å². The van der Waals surface area contributed by atoms with Crippen molar-refractivity contribution in [2.45, 2.75) is 13.5 Å².